The maximum atomic E-state index is 5.47. The fourth-order valence-corrected chi connectivity index (χ4v) is 3.06. The van der Waals surface area contributed by atoms with E-state index in [1.165, 1.54) is 32.1 Å². The Morgan fingerprint density at radius 1 is 1.00 bits per heavy atom. The number of ether oxygens (including phenoxy) is 1. The minimum Gasteiger partial charge on any atom is -0.380 e. The smallest absolute Gasteiger partial charge is 0.0619 e. The lowest BCUT2D eigenvalue weighted by molar-refractivity contribution is 0.0660. The summed E-state index contributed by atoms with van der Waals surface area (Å²) in [6.45, 7) is 1.93. The van der Waals surface area contributed by atoms with Gasteiger partial charge in [0, 0.05) is 18.7 Å². The van der Waals surface area contributed by atoms with E-state index in [2.05, 4.69) is 5.32 Å². The zero-order valence-corrected chi connectivity index (χ0v) is 8.17. The van der Waals surface area contributed by atoms with Crippen molar-refractivity contribution in [3.63, 3.8) is 0 Å². The Balaban J connectivity index is 1.46. The lowest BCUT2D eigenvalue weighted by Gasteiger charge is -2.27. The summed E-state index contributed by atoms with van der Waals surface area (Å²) in [6.07, 6.45) is 6.99. The molecule has 1 heterocycles. The van der Waals surface area contributed by atoms with Crippen molar-refractivity contribution in [3.05, 3.63) is 0 Å². The molecule has 1 N–H and O–H groups in total. The molecule has 2 nitrogen and oxygen atoms in total. The van der Waals surface area contributed by atoms with Crippen LogP contribution in [0.3, 0.4) is 0 Å². The van der Waals surface area contributed by atoms with Crippen LogP contribution in [0.15, 0.2) is 0 Å². The SMILES string of the molecule is C1COCC(NC2CC3CC3C2)C1. The van der Waals surface area contributed by atoms with Gasteiger partial charge in [-0.3, -0.25) is 0 Å². The van der Waals surface area contributed by atoms with Crippen LogP contribution in [0.2, 0.25) is 0 Å². The van der Waals surface area contributed by atoms with Crippen LogP contribution in [-0.4, -0.2) is 25.3 Å². The Morgan fingerprint density at radius 2 is 1.85 bits per heavy atom. The zero-order chi connectivity index (χ0) is 8.67. The van der Waals surface area contributed by atoms with Crippen molar-refractivity contribution >= 4 is 0 Å². The third-order valence-corrected chi connectivity index (χ3v) is 3.88. The fourth-order valence-electron chi connectivity index (χ4n) is 3.06. The largest absolute Gasteiger partial charge is 0.380 e. The topological polar surface area (TPSA) is 21.3 Å². The van der Waals surface area contributed by atoms with Crippen molar-refractivity contribution in [1.29, 1.82) is 0 Å². The summed E-state index contributed by atoms with van der Waals surface area (Å²) in [4.78, 5) is 0. The van der Waals surface area contributed by atoms with Crippen LogP contribution in [0, 0.1) is 11.8 Å². The lowest BCUT2D eigenvalue weighted by atomic mass is 10.1. The van der Waals surface area contributed by atoms with Crippen molar-refractivity contribution < 1.29 is 4.74 Å². The second-order valence-electron chi connectivity index (χ2n) is 5.00. The number of hydrogen-bond donors (Lipinski definition) is 1. The van der Waals surface area contributed by atoms with Crippen molar-refractivity contribution in [2.75, 3.05) is 13.2 Å². The first-order chi connectivity index (χ1) is 6.42. The highest BCUT2D eigenvalue weighted by Crippen LogP contribution is 2.51. The highest BCUT2D eigenvalue weighted by Gasteiger charge is 2.45. The summed E-state index contributed by atoms with van der Waals surface area (Å²) in [5, 5.41) is 3.75. The van der Waals surface area contributed by atoms with Crippen molar-refractivity contribution in [2.45, 2.75) is 44.2 Å². The van der Waals surface area contributed by atoms with E-state index in [9.17, 15) is 0 Å². The second-order valence-corrected chi connectivity index (χ2v) is 5.00. The molecule has 0 aromatic rings. The van der Waals surface area contributed by atoms with E-state index >= 15 is 0 Å². The van der Waals surface area contributed by atoms with Gasteiger partial charge in [-0.1, -0.05) is 0 Å². The summed E-state index contributed by atoms with van der Waals surface area (Å²) in [5.74, 6) is 2.20. The molecular formula is C11H19NO. The van der Waals surface area contributed by atoms with Gasteiger partial charge in [0.15, 0.2) is 0 Å². The first-order valence-corrected chi connectivity index (χ1v) is 5.75. The molecule has 0 spiro atoms. The van der Waals surface area contributed by atoms with Gasteiger partial charge in [0.25, 0.3) is 0 Å². The average Bonchev–Trinajstić information content (AvgIpc) is 2.76. The van der Waals surface area contributed by atoms with Gasteiger partial charge in [0.05, 0.1) is 6.61 Å². The van der Waals surface area contributed by atoms with Gasteiger partial charge < -0.3 is 10.1 Å². The van der Waals surface area contributed by atoms with Gasteiger partial charge in [0.2, 0.25) is 0 Å². The van der Waals surface area contributed by atoms with E-state index in [0.717, 1.165) is 31.1 Å². The van der Waals surface area contributed by atoms with E-state index < -0.39 is 0 Å². The molecule has 3 fully saturated rings. The van der Waals surface area contributed by atoms with Crippen molar-refractivity contribution in [2.24, 2.45) is 11.8 Å². The summed E-state index contributed by atoms with van der Waals surface area (Å²) < 4.78 is 5.47. The van der Waals surface area contributed by atoms with Gasteiger partial charge in [-0.2, -0.15) is 0 Å². The Kier molecular flexibility index (Phi) is 2.06. The van der Waals surface area contributed by atoms with Gasteiger partial charge in [0.1, 0.15) is 0 Å². The lowest BCUT2D eigenvalue weighted by Crippen LogP contribution is -2.42. The molecule has 0 radical (unpaired) electrons. The fraction of sp³-hybridized carbons (Fsp3) is 1.00. The van der Waals surface area contributed by atoms with E-state index in [0.29, 0.717) is 6.04 Å². The highest BCUT2D eigenvalue weighted by atomic mass is 16.5. The minimum absolute atomic E-state index is 0.663. The molecule has 1 saturated heterocycles. The Hall–Kier alpha value is -0.0800. The molecule has 3 aliphatic rings. The third-order valence-electron chi connectivity index (χ3n) is 3.88. The number of nitrogens with one attached hydrogen (secondary N) is 1. The standard InChI is InChI=1S/C11H19NO/c1-2-10(7-13-3-1)12-11-5-8-4-9(8)6-11/h8-12H,1-7H2. The monoisotopic (exact) mass is 181 g/mol. The zero-order valence-electron chi connectivity index (χ0n) is 8.17. The first-order valence-electron chi connectivity index (χ1n) is 5.75. The number of rotatable bonds is 2. The molecule has 0 amide bonds. The molecule has 3 rings (SSSR count). The van der Waals surface area contributed by atoms with E-state index in [4.69, 9.17) is 4.74 Å². The summed E-state index contributed by atoms with van der Waals surface area (Å²) in [5.41, 5.74) is 0. The predicted octanol–water partition coefficient (Wildman–Crippen LogP) is 1.55. The minimum atomic E-state index is 0.663. The van der Waals surface area contributed by atoms with Crippen LogP contribution in [0.5, 0.6) is 0 Å². The van der Waals surface area contributed by atoms with Crippen LogP contribution >= 0.6 is 0 Å². The molecule has 2 heteroatoms. The molecule has 0 aromatic carbocycles. The quantitative estimate of drug-likeness (QED) is 0.698. The molecule has 2 aliphatic carbocycles. The molecule has 0 bridgehead atoms. The van der Waals surface area contributed by atoms with Crippen LogP contribution in [0.1, 0.15) is 32.1 Å². The third kappa shape index (κ3) is 1.75. The average molecular weight is 181 g/mol. The molecular weight excluding hydrogens is 162 g/mol. The Morgan fingerprint density at radius 3 is 2.54 bits per heavy atom. The molecule has 2 saturated carbocycles. The Labute approximate surface area is 80.0 Å². The summed E-state index contributed by atoms with van der Waals surface area (Å²) in [6, 6.07) is 1.49. The molecule has 3 atom stereocenters. The Bertz CT molecular complexity index is 179. The highest BCUT2D eigenvalue weighted by molar-refractivity contribution is 4.99. The molecule has 3 unspecified atom stereocenters. The van der Waals surface area contributed by atoms with Crippen LogP contribution in [0.4, 0.5) is 0 Å². The maximum absolute atomic E-state index is 5.47. The normalized spacial score (nSPS) is 48.9. The van der Waals surface area contributed by atoms with Gasteiger partial charge in [-0.15, -0.1) is 0 Å². The van der Waals surface area contributed by atoms with E-state index in [-0.39, 0.29) is 0 Å². The number of fused-ring (bicyclic) bond motifs is 1. The maximum Gasteiger partial charge on any atom is 0.0619 e. The summed E-state index contributed by atoms with van der Waals surface area (Å²) in [7, 11) is 0. The van der Waals surface area contributed by atoms with Gasteiger partial charge in [-0.05, 0) is 43.9 Å². The van der Waals surface area contributed by atoms with Crippen LogP contribution < -0.4 is 5.32 Å². The van der Waals surface area contributed by atoms with Gasteiger partial charge in [-0.25, -0.2) is 0 Å². The van der Waals surface area contributed by atoms with Crippen molar-refractivity contribution in [1.82, 2.24) is 5.32 Å². The van der Waals surface area contributed by atoms with E-state index in [1.54, 1.807) is 0 Å². The van der Waals surface area contributed by atoms with Crippen LogP contribution in [-0.2, 0) is 4.74 Å². The second kappa shape index (κ2) is 3.25. The molecule has 0 aromatic heterocycles. The van der Waals surface area contributed by atoms with Gasteiger partial charge >= 0.3 is 0 Å². The molecule has 1 aliphatic heterocycles. The van der Waals surface area contributed by atoms with Crippen LogP contribution in [0.25, 0.3) is 0 Å². The predicted molar refractivity (Wildman–Crippen MR) is 51.6 cm³/mol. The van der Waals surface area contributed by atoms with E-state index in [1.807, 2.05) is 0 Å². The van der Waals surface area contributed by atoms with Crippen molar-refractivity contribution in [3.8, 4) is 0 Å². The summed E-state index contributed by atoms with van der Waals surface area (Å²) >= 11 is 0. The molecule has 13 heavy (non-hydrogen) atoms. The number of hydrogen-bond acceptors (Lipinski definition) is 2. The molecule has 74 valence electrons. The first kappa shape index (κ1) is 8.25.